The summed E-state index contributed by atoms with van der Waals surface area (Å²) in [6.07, 6.45) is 3.13. The van der Waals surface area contributed by atoms with Crippen molar-refractivity contribution in [2.75, 3.05) is 25.0 Å². The fourth-order valence-corrected chi connectivity index (χ4v) is 5.29. The Morgan fingerprint density at radius 2 is 1.90 bits per heavy atom. The van der Waals surface area contributed by atoms with Crippen molar-refractivity contribution < 1.29 is 8.42 Å². The number of anilines is 1. The molecule has 0 aromatic heterocycles. The van der Waals surface area contributed by atoms with E-state index in [1.54, 1.807) is 10.4 Å². The Kier molecular flexibility index (Phi) is 3.97. The number of aryl methyl sites for hydroxylation is 1. The smallest absolute Gasteiger partial charge is 0.243 e. The molecule has 2 aliphatic heterocycles. The first-order valence-electron chi connectivity index (χ1n) is 7.84. The molecule has 1 N–H and O–H groups in total. The van der Waals surface area contributed by atoms with Gasteiger partial charge in [0, 0.05) is 25.3 Å². The molecule has 21 heavy (non-hydrogen) atoms. The van der Waals surface area contributed by atoms with Gasteiger partial charge in [0.15, 0.2) is 0 Å². The Balaban J connectivity index is 1.91. The number of fused-ring (bicyclic) bond motifs is 1. The highest BCUT2D eigenvalue weighted by Crippen LogP contribution is 2.30. The SMILES string of the molecule is CC1CC(C)CN(S(=O)(=O)c2ccc3c(c2)CCCN3)C1. The molecule has 116 valence electrons. The summed E-state index contributed by atoms with van der Waals surface area (Å²) >= 11 is 0. The van der Waals surface area contributed by atoms with Crippen molar-refractivity contribution in [2.45, 2.75) is 38.0 Å². The summed E-state index contributed by atoms with van der Waals surface area (Å²) in [5, 5.41) is 3.33. The van der Waals surface area contributed by atoms with Crippen molar-refractivity contribution in [1.29, 1.82) is 0 Å². The molecule has 0 bridgehead atoms. The number of hydrogen-bond acceptors (Lipinski definition) is 3. The maximum Gasteiger partial charge on any atom is 0.243 e. The van der Waals surface area contributed by atoms with E-state index in [-0.39, 0.29) is 0 Å². The zero-order valence-corrected chi connectivity index (χ0v) is 13.6. The number of piperidine rings is 1. The summed E-state index contributed by atoms with van der Waals surface area (Å²) in [6, 6.07) is 5.52. The van der Waals surface area contributed by atoms with E-state index in [2.05, 4.69) is 19.2 Å². The van der Waals surface area contributed by atoms with Gasteiger partial charge in [-0.3, -0.25) is 0 Å². The van der Waals surface area contributed by atoms with E-state index in [1.807, 2.05) is 12.1 Å². The number of hydrogen-bond donors (Lipinski definition) is 1. The zero-order valence-electron chi connectivity index (χ0n) is 12.8. The van der Waals surface area contributed by atoms with Gasteiger partial charge >= 0.3 is 0 Å². The Bertz CT molecular complexity index is 617. The molecule has 0 aliphatic carbocycles. The van der Waals surface area contributed by atoms with Crippen LogP contribution in [0.25, 0.3) is 0 Å². The fraction of sp³-hybridized carbons (Fsp3) is 0.625. The highest BCUT2D eigenvalue weighted by Gasteiger charge is 2.32. The highest BCUT2D eigenvalue weighted by molar-refractivity contribution is 7.89. The average Bonchev–Trinajstić information content (AvgIpc) is 2.45. The highest BCUT2D eigenvalue weighted by atomic mass is 32.2. The van der Waals surface area contributed by atoms with Crippen LogP contribution in [0.4, 0.5) is 5.69 Å². The molecule has 1 aromatic rings. The van der Waals surface area contributed by atoms with Crippen molar-refractivity contribution in [3.8, 4) is 0 Å². The summed E-state index contributed by atoms with van der Waals surface area (Å²) in [5.74, 6) is 0.866. The van der Waals surface area contributed by atoms with Crippen LogP contribution in [0.15, 0.2) is 23.1 Å². The maximum absolute atomic E-state index is 12.9. The molecule has 5 heteroatoms. The lowest BCUT2D eigenvalue weighted by Crippen LogP contribution is -2.42. The minimum absolute atomic E-state index is 0.433. The quantitative estimate of drug-likeness (QED) is 0.914. The normalized spacial score (nSPS) is 27.0. The summed E-state index contributed by atoms with van der Waals surface area (Å²) in [6.45, 7) is 6.52. The van der Waals surface area contributed by atoms with Crippen molar-refractivity contribution >= 4 is 15.7 Å². The van der Waals surface area contributed by atoms with E-state index < -0.39 is 10.0 Å². The second-order valence-electron chi connectivity index (χ2n) is 6.62. The van der Waals surface area contributed by atoms with E-state index in [4.69, 9.17) is 0 Å². The van der Waals surface area contributed by atoms with Crippen LogP contribution in [-0.4, -0.2) is 32.4 Å². The topological polar surface area (TPSA) is 49.4 Å². The minimum atomic E-state index is -3.36. The van der Waals surface area contributed by atoms with Gasteiger partial charge in [-0.1, -0.05) is 13.8 Å². The fourth-order valence-electron chi connectivity index (χ4n) is 3.56. The summed E-state index contributed by atoms with van der Waals surface area (Å²) < 4.78 is 27.4. The molecule has 4 nitrogen and oxygen atoms in total. The zero-order chi connectivity index (χ0) is 15.0. The van der Waals surface area contributed by atoms with Crippen LogP contribution in [0, 0.1) is 11.8 Å². The first-order valence-corrected chi connectivity index (χ1v) is 9.28. The van der Waals surface area contributed by atoms with E-state index in [1.165, 1.54) is 0 Å². The van der Waals surface area contributed by atoms with Gasteiger partial charge < -0.3 is 5.32 Å². The monoisotopic (exact) mass is 308 g/mol. The molecule has 3 rings (SSSR count). The van der Waals surface area contributed by atoms with Crippen molar-refractivity contribution in [3.63, 3.8) is 0 Å². The third-order valence-corrected chi connectivity index (χ3v) is 6.32. The van der Waals surface area contributed by atoms with Crippen LogP contribution < -0.4 is 5.32 Å². The molecule has 0 spiro atoms. The number of nitrogens with one attached hydrogen (secondary N) is 1. The molecule has 0 saturated carbocycles. The van der Waals surface area contributed by atoms with Gasteiger partial charge in [0.25, 0.3) is 0 Å². The van der Waals surface area contributed by atoms with Gasteiger partial charge in [-0.05, 0) is 54.9 Å². The lowest BCUT2D eigenvalue weighted by atomic mass is 9.94. The first-order chi connectivity index (χ1) is 9.96. The van der Waals surface area contributed by atoms with Crippen LogP contribution in [0.5, 0.6) is 0 Å². The second kappa shape index (κ2) is 5.61. The molecule has 2 atom stereocenters. The van der Waals surface area contributed by atoms with Crippen molar-refractivity contribution in [1.82, 2.24) is 4.31 Å². The minimum Gasteiger partial charge on any atom is -0.385 e. The average molecular weight is 308 g/mol. The maximum atomic E-state index is 12.9. The summed E-state index contributed by atoms with van der Waals surface area (Å²) in [7, 11) is -3.36. The van der Waals surface area contributed by atoms with Crippen molar-refractivity contribution in [2.24, 2.45) is 11.8 Å². The Morgan fingerprint density at radius 3 is 2.62 bits per heavy atom. The van der Waals surface area contributed by atoms with Gasteiger partial charge in [-0.15, -0.1) is 0 Å². The van der Waals surface area contributed by atoms with Crippen LogP contribution in [0.2, 0.25) is 0 Å². The van der Waals surface area contributed by atoms with Crippen LogP contribution >= 0.6 is 0 Å². The number of benzene rings is 1. The Morgan fingerprint density at radius 1 is 1.19 bits per heavy atom. The van der Waals surface area contributed by atoms with E-state index in [0.29, 0.717) is 29.8 Å². The molecule has 2 aliphatic rings. The van der Waals surface area contributed by atoms with Gasteiger partial charge in [-0.2, -0.15) is 4.31 Å². The lowest BCUT2D eigenvalue weighted by Gasteiger charge is -2.34. The summed E-state index contributed by atoms with van der Waals surface area (Å²) in [4.78, 5) is 0.450. The van der Waals surface area contributed by atoms with Gasteiger partial charge in [-0.25, -0.2) is 8.42 Å². The van der Waals surface area contributed by atoms with Crippen LogP contribution in [0.1, 0.15) is 32.3 Å². The van der Waals surface area contributed by atoms with Gasteiger partial charge in [0.2, 0.25) is 10.0 Å². The predicted octanol–water partition coefficient (Wildman–Crippen LogP) is 2.71. The molecule has 1 saturated heterocycles. The number of nitrogens with zero attached hydrogens (tertiary/aromatic N) is 1. The Labute approximate surface area is 127 Å². The standard InChI is InChI=1S/C16H24N2O2S/c1-12-8-13(2)11-18(10-12)21(19,20)15-5-6-16-14(9-15)4-3-7-17-16/h5-6,9,12-13,17H,3-4,7-8,10-11H2,1-2H3. The van der Waals surface area contributed by atoms with Crippen LogP contribution in [0.3, 0.4) is 0 Å². The number of rotatable bonds is 2. The Hall–Kier alpha value is -1.07. The molecular weight excluding hydrogens is 284 g/mol. The van der Waals surface area contributed by atoms with E-state index in [9.17, 15) is 8.42 Å². The van der Waals surface area contributed by atoms with E-state index >= 15 is 0 Å². The molecule has 0 amide bonds. The first kappa shape index (κ1) is 14.9. The van der Waals surface area contributed by atoms with Crippen molar-refractivity contribution in [3.05, 3.63) is 23.8 Å². The second-order valence-corrected chi connectivity index (χ2v) is 8.56. The predicted molar refractivity (Wildman–Crippen MR) is 85.0 cm³/mol. The summed E-state index contributed by atoms with van der Waals surface area (Å²) in [5.41, 5.74) is 2.21. The van der Waals surface area contributed by atoms with Gasteiger partial charge in [0.1, 0.15) is 0 Å². The molecule has 1 fully saturated rings. The molecular formula is C16H24N2O2S. The van der Waals surface area contributed by atoms with Crippen LogP contribution in [-0.2, 0) is 16.4 Å². The molecule has 0 radical (unpaired) electrons. The van der Waals surface area contributed by atoms with Gasteiger partial charge in [0.05, 0.1) is 4.90 Å². The molecule has 2 unspecified atom stereocenters. The molecule has 2 heterocycles. The molecule has 1 aromatic carbocycles. The largest absolute Gasteiger partial charge is 0.385 e. The lowest BCUT2D eigenvalue weighted by molar-refractivity contribution is 0.222. The number of sulfonamides is 1. The third-order valence-electron chi connectivity index (χ3n) is 4.49. The van der Waals surface area contributed by atoms with E-state index in [0.717, 1.165) is 37.1 Å². The third kappa shape index (κ3) is 2.94.